The van der Waals surface area contributed by atoms with Crippen molar-refractivity contribution < 1.29 is 9.59 Å². The molecule has 5 nitrogen and oxygen atoms in total. The molecule has 0 aromatic rings. The lowest BCUT2D eigenvalue weighted by atomic mass is 9.99. The third-order valence-corrected chi connectivity index (χ3v) is 2.22. The topological polar surface area (TPSA) is 70.2 Å². The maximum Gasteiger partial charge on any atom is 0.298 e. The molecule has 1 heterocycles. The van der Waals surface area contributed by atoms with Crippen LogP contribution in [0, 0.1) is 5.92 Å². The second-order valence-corrected chi connectivity index (χ2v) is 3.91. The summed E-state index contributed by atoms with van der Waals surface area (Å²) >= 11 is 1.57. The molecule has 1 aliphatic heterocycles. The summed E-state index contributed by atoms with van der Waals surface area (Å²) in [6, 6.07) is 0. The predicted octanol–water partition coefficient (Wildman–Crippen LogP) is 0.162. The molecule has 6 heteroatoms. The summed E-state index contributed by atoms with van der Waals surface area (Å²) in [5.74, 6) is -0.130. The van der Waals surface area contributed by atoms with E-state index in [1.165, 1.54) is 0 Å². The van der Waals surface area contributed by atoms with Crippen LogP contribution in [0.4, 0.5) is 4.79 Å². The van der Waals surface area contributed by atoms with E-state index < -0.39 is 0 Å². The molecule has 1 atom stereocenters. The number of hydrogen-bond acceptors (Lipinski definition) is 3. The largest absolute Gasteiger partial charge is 0.316 e. The van der Waals surface area contributed by atoms with Crippen molar-refractivity contribution in [1.29, 1.82) is 0 Å². The highest BCUT2D eigenvalue weighted by Crippen LogP contribution is 2.08. The van der Waals surface area contributed by atoms with E-state index in [0.717, 1.165) is 19.4 Å². The first kappa shape index (κ1) is 10.7. The highest BCUT2D eigenvalue weighted by molar-refractivity contribution is 14.1. The molecule has 1 fully saturated rings. The zero-order valence-electron chi connectivity index (χ0n) is 7.10. The summed E-state index contributed by atoms with van der Waals surface area (Å²) < 4.78 is -0.283. The van der Waals surface area contributed by atoms with Crippen molar-refractivity contribution in [1.82, 2.24) is 16.2 Å². The molecule has 0 radical (unpaired) electrons. The van der Waals surface area contributed by atoms with E-state index in [4.69, 9.17) is 0 Å². The van der Waals surface area contributed by atoms with E-state index in [1.54, 1.807) is 22.6 Å². The fourth-order valence-corrected chi connectivity index (χ4v) is 1.42. The van der Waals surface area contributed by atoms with Crippen LogP contribution in [0.5, 0.6) is 0 Å². The lowest BCUT2D eigenvalue weighted by Gasteiger charge is -2.21. The molecule has 0 spiro atoms. The zero-order chi connectivity index (χ0) is 9.68. The molecular weight excluding hydrogens is 285 g/mol. The van der Waals surface area contributed by atoms with Gasteiger partial charge in [0.05, 0.1) is 5.92 Å². The van der Waals surface area contributed by atoms with E-state index in [-0.39, 0.29) is 15.7 Å². The minimum Gasteiger partial charge on any atom is -0.316 e. The predicted molar refractivity (Wildman–Crippen MR) is 56.3 cm³/mol. The number of hydrogen-bond donors (Lipinski definition) is 3. The summed E-state index contributed by atoms with van der Waals surface area (Å²) in [5.41, 5.74) is 4.63. The summed E-state index contributed by atoms with van der Waals surface area (Å²) in [5, 5.41) is 3.13. The molecule has 1 rings (SSSR count). The Hall–Kier alpha value is -0.370. The molecule has 0 aromatic carbocycles. The van der Waals surface area contributed by atoms with Crippen molar-refractivity contribution in [2.45, 2.75) is 12.8 Å². The quantitative estimate of drug-likeness (QED) is 0.279. The van der Waals surface area contributed by atoms with Crippen molar-refractivity contribution in [3.8, 4) is 0 Å². The smallest absolute Gasteiger partial charge is 0.298 e. The maximum absolute atomic E-state index is 11.3. The summed E-state index contributed by atoms with van der Waals surface area (Å²) in [7, 11) is 0. The van der Waals surface area contributed by atoms with Crippen LogP contribution in [0.1, 0.15) is 12.8 Å². The van der Waals surface area contributed by atoms with Crippen LogP contribution >= 0.6 is 22.6 Å². The fraction of sp³-hybridized carbons (Fsp3) is 0.714. The van der Waals surface area contributed by atoms with Gasteiger partial charge in [-0.25, -0.2) is 0 Å². The van der Waals surface area contributed by atoms with Gasteiger partial charge in [-0.05, 0) is 19.4 Å². The standard InChI is InChI=1S/C7H12IN3O2/c8-7(13)11-10-6(12)5-2-1-3-9-4-5/h5,9H,1-4H2,(H,10,12)(H,11,13). The van der Waals surface area contributed by atoms with Crippen LogP contribution in [-0.4, -0.2) is 22.9 Å². The minimum atomic E-state index is -0.283. The molecule has 3 N–H and O–H groups in total. The van der Waals surface area contributed by atoms with Crippen molar-refractivity contribution in [3.63, 3.8) is 0 Å². The van der Waals surface area contributed by atoms with Crippen molar-refractivity contribution in [3.05, 3.63) is 0 Å². The molecule has 74 valence electrons. The van der Waals surface area contributed by atoms with Gasteiger partial charge in [-0.15, -0.1) is 0 Å². The lowest BCUT2D eigenvalue weighted by molar-refractivity contribution is -0.126. The summed E-state index contributed by atoms with van der Waals surface area (Å²) in [6.45, 7) is 1.67. The molecule has 13 heavy (non-hydrogen) atoms. The molecule has 1 aliphatic rings. The van der Waals surface area contributed by atoms with Gasteiger partial charge in [0, 0.05) is 29.1 Å². The fourth-order valence-electron chi connectivity index (χ4n) is 1.29. The molecule has 0 saturated carbocycles. The highest BCUT2D eigenvalue weighted by Gasteiger charge is 2.20. The Labute approximate surface area is 90.1 Å². The van der Waals surface area contributed by atoms with E-state index in [9.17, 15) is 9.59 Å². The maximum atomic E-state index is 11.3. The first-order valence-corrected chi connectivity index (χ1v) is 5.24. The molecule has 1 unspecified atom stereocenters. The van der Waals surface area contributed by atoms with Crippen LogP contribution in [0.15, 0.2) is 0 Å². The van der Waals surface area contributed by atoms with Gasteiger partial charge in [0.2, 0.25) is 5.91 Å². The number of piperidine rings is 1. The van der Waals surface area contributed by atoms with E-state index in [1.807, 2.05) is 0 Å². The molecule has 0 aliphatic carbocycles. The zero-order valence-corrected chi connectivity index (χ0v) is 9.26. The second kappa shape index (κ2) is 5.38. The van der Waals surface area contributed by atoms with Crippen LogP contribution < -0.4 is 16.2 Å². The molecular formula is C7H12IN3O2. The molecule has 2 amide bonds. The minimum absolute atomic E-state index is 0.0167. The first-order valence-electron chi connectivity index (χ1n) is 4.16. The van der Waals surface area contributed by atoms with Crippen molar-refractivity contribution in [2.24, 2.45) is 5.92 Å². The number of carbonyl (C=O) groups is 2. The molecule has 0 aromatic heterocycles. The third-order valence-electron chi connectivity index (χ3n) is 1.95. The van der Waals surface area contributed by atoms with E-state index in [2.05, 4.69) is 16.2 Å². The summed E-state index contributed by atoms with van der Waals surface area (Å²) in [6.07, 6.45) is 1.90. The Morgan fingerprint density at radius 2 is 2.15 bits per heavy atom. The number of carbonyl (C=O) groups excluding carboxylic acids is 2. The van der Waals surface area contributed by atoms with Gasteiger partial charge < -0.3 is 5.32 Å². The monoisotopic (exact) mass is 297 g/mol. The third kappa shape index (κ3) is 3.90. The Morgan fingerprint density at radius 1 is 1.38 bits per heavy atom. The van der Waals surface area contributed by atoms with E-state index in [0.29, 0.717) is 6.54 Å². The van der Waals surface area contributed by atoms with Gasteiger partial charge in [-0.1, -0.05) is 0 Å². The van der Waals surface area contributed by atoms with Gasteiger partial charge >= 0.3 is 0 Å². The average molecular weight is 297 g/mol. The summed E-state index contributed by atoms with van der Waals surface area (Å²) in [4.78, 5) is 21.8. The Kier molecular flexibility index (Phi) is 4.43. The number of nitrogens with one attached hydrogen (secondary N) is 3. The Balaban J connectivity index is 2.25. The normalized spacial score (nSPS) is 22.1. The van der Waals surface area contributed by atoms with Gasteiger partial charge in [0.15, 0.2) is 0 Å². The van der Waals surface area contributed by atoms with Crippen LogP contribution in [0.25, 0.3) is 0 Å². The number of hydrazine groups is 1. The number of rotatable bonds is 1. The van der Waals surface area contributed by atoms with Gasteiger partial charge in [0.1, 0.15) is 0 Å². The number of halogens is 1. The second-order valence-electron chi connectivity index (χ2n) is 2.93. The van der Waals surface area contributed by atoms with Crippen LogP contribution in [0.2, 0.25) is 0 Å². The SMILES string of the molecule is O=C(I)NNC(=O)C1CCCNC1. The van der Waals surface area contributed by atoms with Crippen molar-refractivity contribution >= 4 is 32.4 Å². The molecule has 1 saturated heterocycles. The first-order chi connectivity index (χ1) is 6.20. The molecule has 0 bridgehead atoms. The van der Waals surface area contributed by atoms with E-state index >= 15 is 0 Å². The van der Waals surface area contributed by atoms with Crippen LogP contribution in [0.3, 0.4) is 0 Å². The van der Waals surface area contributed by atoms with Gasteiger partial charge in [0.25, 0.3) is 3.91 Å². The number of amides is 2. The lowest BCUT2D eigenvalue weighted by Crippen LogP contribution is -2.46. The van der Waals surface area contributed by atoms with Crippen LogP contribution in [-0.2, 0) is 4.79 Å². The Bertz CT molecular complexity index is 204. The Morgan fingerprint density at radius 3 is 2.69 bits per heavy atom. The highest BCUT2D eigenvalue weighted by atomic mass is 127. The van der Waals surface area contributed by atoms with Gasteiger partial charge in [-0.3, -0.25) is 20.4 Å². The van der Waals surface area contributed by atoms with Crippen molar-refractivity contribution in [2.75, 3.05) is 13.1 Å². The average Bonchev–Trinajstić information content (AvgIpc) is 2.15. The van der Waals surface area contributed by atoms with Gasteiger partial charge in [-0.2, -0.15) is 0 Å².